The van der Waals surface area contributed by atoms with Crippen molar-refractivity contribution in [2.24, 2.45) is 0 Å². The number of likely N-dealkylation sites (tertiary alicyclic amines) is 1. The summed E-state index contributed by atoms with van der Waals surface area (Å²) in [5.41, 5.74) is 1.97. The van der Waals surface area contributed by atoms with Crippen LogP contribution in [0.1, 0.15) is 18.2 Å². The molecule has 5 heterocycles. The number of methoxy groups -OCH3 is 1. The lowest BCUT2D eigenvalue weighted by molar-refractivity contribution is -0.117. The van der Waals surface area contributed by atoms with Gasteiger partial charge in [0.25, 0.3) is 5.88 Å². The zero-order valence-corrected chi connectivity index (χ0v) is 20.0. The van der Waals surface area contributed by atoms with E-state index in [0.717, 1.165) is 31.3 Å². The van der Waals surface area contributed by atoms with E-state index in [2.05, 4.69) is 49.3 Å². The highest BCUT2D eigenvalue weighted by atomic mass is 19.1. The van der Waals surface area contributed by atoms with Gasteiger partial charge in [-0.3, -0.25) is 9.48 Å². The lowest BCUT2D eigenvalue weighted by Crippen LogP contribution is -2.40. The molecule has 12 nitrogen and oxygen atoms in total. The number of likely N-dealkylation sites (N-methyl/N-ethyl adjacent to an activating group) is 1. The Balaban J connectivity index is 1.46. The van der Waals surface area contributed by atoms with Crippen molar-refractivity contribution >= 4 is 29.0 Å². The number of aryl methyl sites for hydroxylation is 1. The number of nitrogens with zero attached hydrogens (tertiary/aromatic N) is 8. The van der Waals surface area contributed by atoms with Gasteiger partial charge in [0, 0.05) is 13.1 Å². The number of imidazole rings is 1. The number of hydrogen-bond acceptors (Lipinski definition) is 9. The summed E-state index contributed by atoms with van der Waals surface area (Å²) in [5, 5.41) is 15.1. The zero-order chi connectivity index (χ0) is 24.7. The first kappa shape index (κ1) is 23.0. The number of rotatable bonds is 7. The maximum atomic E-state index is 14.7. The predicted octanol–water partition coefficient (Wildman–Crippen LogP) is 1.09. The quantitative estimate of drug-likeness (QED) is 0.475. The smallest absolute Gasteiger partial charge is 0.256 e. The number of anilines is 3. The fourth-order valence-electron chi connectivity index (χ4n) is 4.56. The molecule has 3 aromatic heterocycles. The van der Waals surface area contributed by atoms with E-state index in [9.17, 15) is 9.18 Å². The van der Waals surface area contributed by atoms with Crippen LogP contribution in [0.4, 0.5) is 21.8 Å². The molecule has 3 aromatic rings. The van der Waals surface area contributed by atoms with Crippen molar-refractivity contribution < 1.29 is 13.9 Å². The summed E-state index contributed by atoms with van der Waals surface area (Å²) in [6.45, 7) is 7.52. The summed E-state index contributed by atoms with van der Waals surface area (Å²) < 4.78 is 23.8. The number of nitrogens with one attached hydrogen (secondary N) is 2. The molecule has 2 aliphatic heterocycles. The molecule has 13 heteroatoms. The normalized spacial score (nSPS) is 22.6. The Morgan fingerprint density at radius 1 is 1.31 bits per heavy atom. The molecular formula is C22H29FN10O2. The highest BCUT2D eigenvalue weighted by Crippen LogP contribution is 2.31. The molecule has 2 fully saturated rings. The molecule has 0 aromatic carbocycles. The SMILES string of the molecule is C=CC(=O)N[C@@H]1CN(c2nc(Nc3cn([C@@H]4CCN(C)C4)nc3OC)c3ncc(C)n3n2)C[C@H]1F. The van der Waals surface area contributed by atoms with Gasteiger partial charge in [-0.1, -0.05) is 6.58 Å². The van der Waals surface area contributed by atoms with Gasteiger partial charge in [-0.2, -0.15) is 4.98 Å². The molecule has 2 aliphatic rings. The van der Waals surface area contributed by atoms with Crippen molar-refractivity contribution in [3.63, 3.8) is 0 Å². The molecule has 0 bridgehead atoms. The van der Waals surface area contributed by atoms with Gasteiger partial charge in [0.2, 0.25) is 11.9 Å². The third-order valence-corrected chi connectivity index (χ3v) is 6.45. The number of ether oxygens (including phenoxy) is 1. The number of fused-ring (bicyclic) bond motifs is 1. The minimum Gasteiger partial charge on any atom is -0.478 e. The maximum absolute atomic E-state index is 14.7. The van der Waals surface area contributed by atoms with Crippen LogP contribution in [0.15, 0.2) is 25.0 Å². The number of amides is 1. The lowest BCUT2D eigenvalue weighted by Gasteiger charge is -2.17. The number of halogens is 1. The molecule has 0 aliphatic carbocycles. The molecule has 0 radical (unpaired) electrons. The average Bonchev–Trinajstić information content (AvgIpc) is 3.62. The van der Waals surface area contributed by atoms with Crippen LogP contribution >= 0.6 is 0 Å². The van der Waals surface area contributed by atoms with Crippen LogP contribution in [0, 0.1) is 6.92 Å². The summed E-state index contributed by atoms with van der Waals surface area (Å²) in [6.07, 6.45) is 4.48. The van der Waals surface area contributed by atoms with Gasteiger partial charge in [0.15, 0.2) is 11.5 Å². The lowest BCUT2D eigenvalue weighted by atomic mass is 10.2. The third kappa shape index (κ3) is 4.38. The summed E-state index contributed by atoms with van der Waals surface area (Å²) in [6, 6.07) is -0.421. The van der Waals surface area contributed by atoms with Gasteiger partial charge in [0.1, 0.15) is 11.9 Å². The molecular weight excluding hydrogens is 455 g/mol. The Hall–Kier alpha value is -3.74. The molecule has 2 N–H and O–H groups in total. The number of carbonyl (C=O) groups excluding carboxylic acids is 1. The van der Waals surface area contributed by atoms with Gasteiger partial charge in [-0.15, -0.1) is 10.2 Å². The largest absolute Gasteiger partial charge is 0.478 e. The number of carbonyl (C=O) groups is 1. The second-order valence-electron chi connectivity index (χ2n) is 9.00. The van der Waals surface area contributed by atoms with Crippen LogP contribution < -0.4 is 20.3 Å². The monoisotopic (exact) mass is 484 g/mol. The Kier molecular flexibility index (Phi) is 6.01. The molecule has 35 heavy (non-hydrogen) atoms. The van der Waals surface area contributed by atoms with E-state index in [1.165, 1.54) is 0 Å². The minimum atomic E-state index is -1.26. The van der Waals surface area contributed by atoms with Crippen molar-refractivity contribution in [2.45, 2.75) is 31.6 Å². The van der Waals surface area contributed by atoms with E-state index in [1.54, 1.807) is 22.7 Å². The molecule has 3 atom stereocenters. The van der Waals surface area contributed by atoms with Crippen LogP contribution in [0.5, 0.6) is 5.88 Å². The van der Waals surface area contributed by atoms with Crippen LogP contribution in [-0.2, 0) is 4.79 Å². The minimum absolute atomic E-state index is 0.0528. The van der Waals surface area contributed by atoms with E-state index >= 15 is 0 Å². The topological polar surface area (TPSA) is 118 Å². The van der Waals surface area contributed by atoms with Crippen molar-refractivity contribution in [1.29, 1.82) is 0 Å². The number of hydrogen-bond donors (Lipinski definition) is 2. The average molecular weight is 485 g/mol. The van der Waals surface area contributed by atoms with Crippen LogP contribution in [0.3, 0.4) is 0 Å². The first-order valence-electron chi connectivity index (χ1n) is 11.5. The van der Waals surface area contributed by atoms with Gasteiger partial charge >= 0.3 is 0 Å². The second kappa shape index (κ2) is 9.13. The second-order valence-corrected chi connectivity index (χ2v) is 9.00. The maximum Gasteiger partial charge on any atom is 0.256 e. The van der Waals surface area contributed by atoms with Crippen LogP contribution in [0.2, 0.25) is 0 Å². The zero-order valence-electron chi connectivity index (χ0n) is 20.0. The molecule has 0 unspecified atom stereocenters. The van der Waals surface area contributed by atoms with Gasteiger partial charge < -0.3 is 25.2 Å². The molecule has 2 saturated heterocycles. The van der Waals surface area contributed by atoms with Crippen molar-refractivity contribution in [2.75, 3.05) is 50.6 Å². The third-order valence-electron chi connectivity index (χ3n) is 6.45. The summed E-state index contributed by atoms with van der Waals surface area (Å²) in [7, 11) is 3.66. The number of alkyl halides is 1. The molecule has 186 valence electrons. The highest BCUT2D eigenvalue weighted by Gasteiger charge is 2.35. The summed E-state index contributed by atoms with van der Waals surface area (Å²) in [4.78, 5) is 24.8. The van der Waals surface area contributed by atoms with E-state index in [4.69, 9.17) is 4.74 Å². The summed E-state index contributed by atoms with van der Waals surface area (Å²) >= 11 is 0. The van der Waals surface area contributed by atoms with E-state index in [0.29, 0.717) is 29.0 Å². The molecule has 0 spiro atoms. The van der Waals surface area contributed by atoms with E-state index in [1.807, 2.05) is 17.8 Å². The molecule has 1 amide bonds. The van der Waals surface area contributed by atoms with E-state index < -0.39 is 18.1 Å². The van der Waals surface area contributed by atoms with E-state index in [-0.39, 0.29) is 19.1 Å². The van der Waals surface area contributed by atoms with Crippen molar-refractivity contribution in [1.82, 2.24) is 39.6 Å². The van der Waals surface area contributed by atoms with Gasteiger partial charge in [-0.25, -0.2) is 13.9 Å². The molecule has 5 rings (SSSR count). The Bertz CT molecular complexity index is 1260. The Labute approximate surface area is 201 Å². The Morgan fingerprint density at radius 3 is 2.86 bits per heavy atom. The van der Waals surface area contributed by atoms with Crippen LogP contribution in [-0.4, -0.2) is 92.7 Å². The molecule has 0 saturated carbocycles. The Morgan fingerprint density at radius 2 is 2.14 bits per heavy atom. The van der Waals surface area contributed by atoms with Crippen molar-refractivity contribution in [3.05, 3.63) is 30.7 Å². The van der Waals surface area contributed by atoms with Crippen LogP contribution in [0.25, 0.3) is 5.65 Å². The van der Waals surface area contributed by atoms with Gasteiger partial charge in [0.05, 0.1) is 43.8 Å². The fraction of sp³-hybridized carbons (Fsp3) is 0.500. The highest BCUT2D eigenvalue weighted by molar-refractivity contribution is 5.87. The predicted molar refractivity (Wildman–Crippen MR) is 128 cm³/mol. The summed E-state index contributed by atoms with van der Waals surface area (Å²) in [5.74, 6) is 0.793. The fourth-order valence-corrected chi connectivity index (χ4v) is 4.56. The standard InChI is InChI=1S/C22H29FN10O2/c1-5-18(34)25-16-11-31(10-15(16)23)22-27-19(20-24-8-13(2)33(20)29-22)26-17-12-32(28-21(17)35-4)14-6-7-30(3)9-14/h5,8,12,14-16H,1,6-7,9-11H2,2-4H3,(H,25,34)(H,26,27,29)/t14-,15-,16-/m1/s1. The number of aromatic nitrogens is 6. The van der Waals surface area contributed by atoms with Crippen molar-refractivity contribution in [3.8, 4) is 5.88 Å². The van der Waals surface area contributed by atoms with Gasteiger partial charge in [-0.05, 0) is 33.0 Å². The first-order chi connectivity index (χ1) is 16.9. The first-order valence-corrected chi connectivity index (χ1v) is 11.5.